The zero-order valence-corrected chi connectivity index (χ0v) is 70.3. The lowest BCUT2D eigenvalue weighted by Gasteiger charge is -2.30. The monoisotopic (exact) mass is 1610 g/mol. The van der Waals surface area contributed by atoms with E-state index in [-0.39, 0.29) is 127 Å². The van der Waals surface area contributed by atoms with Gasteiger partial charge in [-0.2, -0.15) is 0 Å². The van der Waals surface area contributed by atoms with Crippen LogP contribution in [-0.4, -0.2) is 178 Å². The van der Waals surface area contributed by atoms with Crippen LogP contribution in [-0.2, 0) is 101 Å². The second-order valence-corrected chi connectivity index (χ2v) is 34.5. The largest absolute Gasteiger partial charge is 0.356 e. The van der Waals surface area contributed by atoms with Crippen LogP contribution in [0.15, 0.2) is 36.5 Å². The van der Waals surface area contributed by atoms with Crippen molar-refractivity contribution in [2.45, 2.75) is 312 Å². The van der Waals surface area contributed by atoms with Crippen LogP contribution in [0.3, 0.4) is 0 Å². The van der Waals surface area contributed by atoms with Gasteiger partial charge in [0.05, 0.1) is 6.42 Å². The second kappa shape index (κ2) is 56.1. The van der Waals surface area contributed by atoms with E-state index in [1.54, 1.807) is 0 Å². The van der Waals surface area contributed by atoms with Gasteiger partial charge in [0.25, 0.3) is 59.1 Å². The van der Waals surface area contributed by atoms with Crippen molar-refractivity contribution in [3.8, 4) is 0 Å². The van der Waals surface area contributed by atoms with Crippen LogP contribution in [0.2, 0.25) is 0 Å². The number of unbranched alkanes of at least 4 members (excludes halogenated alkanes) is 8. The van der Waals surface area contributed by atoms with Crippen molar-refractivity contribution in [3.63, 3.8) is 0 Å². The number of Topliss-reactive ketones (excluding diaryl/α,β-unsaturated/α-hetero) is 3. The number of nitrogens with zero attached hydrogens (tertiary/aromatic N) is 5. The Morgan fingerprint density at radius 2 is 0.743 bits per heavy atom. The van der Waals surface area contributed by atoms with Crippen molar-refractivity contribution in [3.05, 3.63) is 36.5 Å². The number of hydrogen-bond acceptors (Lipinski definition) is 21. The van der Waals surface area contributed by atoms with Gasteiger partial charge in [0.15, 0.2) is 15.1 Å². The highest BCUT2D eigenvalue weighted by Crippen LogP contribution is 2.31. The Morgan fingerprint density at radius 3 is 1.13 bits per heavy atom. The minimum Gasteiger partial charge on any atom is -0.356 e. The van der Waals surface area contributed by atoms with Crippen molar-refractivity contribution < 1.29 is 99.6 Å². The number of ketones is 3. The van der Waals surface area contributed by atoms with Crippen molar-refractivity contribution in [2.75, 3.05) is 39.0 Å². The van der Waals surface area contributed by atoms with E-state index >= 15 is 0 Å². The molecule has 636 valence electrons. The van der Waals surface area contributed by atoms with Gasteiger partial charge in [-0.05, 0) is 113 Å². The molecule has 0 aromatic rings. The van der Waals surface area contributed by atoms with Gasteiger partial charge in [0.2, 0.25) is 11.8 Å². The van der Waals surface area contributed by atoms with Crippen LogP contribution in [0.1, 0.15) is 307 Å². The number of nitrogens with one attached hydrogen (secondary N) is 2. The number of carbonyl (C=O) groups excluding carboxylic acids is 17. The van der Waals surface area contributed by atoms with Crippen LogP contribution >= 0.6 is 0 Å². The maximum absolute atomic E-state index is 12.2. The first kappa shape index (κ1) is 101. The average Bonchev–Trinajstić information content (AvgIpc) is 1.66. The molecule has 6 rings (SSSR count). The Hall–Kier alpha value is -8.24. The molecule has 2 N–H and O–H groups in total. The molecule has 0 aromatic heterocycles. The molecule has 2 saturated heterocycles. The molecular weight excluding hydrogens is 1480 g/mol. The molecule has 5 aliphatic heterocycles. The Bertz CT molecular complexity index is 3300. The molecule has 1 atom stereocenters. The minimum absolute atomic E-state index is 0.0124. The van der Waals surface area contributed by atoms with Crippen LogP contribution < -0.4 is 10.6 Å². The molecule has 1 unspecified atom stereocenters. The Balaban J connectivity index is 0.000000482. The molecule has 0 aromatic carbocycles. The Morgan fingerprint density at radius 1 is 0.389 bits per heavy atom. The maximum atomic E-state index is 12.2. The molecule has 1 saturated carbocycles. The molecule has 113 heavy (non-hydrogen) atoms. The molecule has 12 amide bonds. The van der Waals surface area contributed by atoms with Gasteiger partial charge in [0, 0.05) is 152 Å². The van der Waals surface area contributed by atoms with Crippen molar-refractivity contribution in [1.82, 2.24) is 35.5 Å². The van der Waals surface area contributed by atoms with E-state index in [0.717, 1.165) is 150 Å². The highest BCUT2D eigenvalue weighted by molar-refractivity contribution is 7.92. The standard InChI is InChI=1S/C19H30N2O3.C18H29NO7S.C17H27NO5.C15H24N2O3.C15H23NO3/c1-14(2)5-3-4-12-20-19(24)16-8-6-15(7-9-16)13-21-17(22)10-11-18(21)23;1-13(2)8-5-4-6-9-14(20)10-7-11-17(22)26-19-16(21)12-15(18(19)23)27(3,24)25;1-13(2)7-4-3-5-8-14(19)9-6-10-17(22)23-18-15(20)11-12-16(18)21;1-12(2)6-3-4-10-16-13(18)7-5-11-17-14(19)8-9-15(17)20;1-12(2)6-4-3-5-7-13(17)10-11-16-14(18)8-9-15(16)19/h10-11,14-16H,3-9,12-13H2,1-2H3,(H,20,24);13,15H,4-12H2,1-3H3;13H,3-12H2,1-2H3;8-9,12H,3-7,10-11H2,1-2H3,(H,16,18);8-9,12H,3-7,10-11H2,1-2H3. The molecule has 5 heterocycles. The predicted molar refractivity (Wildman–Crippen MR) is 425 cm³/mol. The summed E-state index contributed by atoms with van der Waals surface area (Å²) in [6.45, 7) is 24.4. The van der Waals surface area contributed by atoms with Crippen LogP contribution in [0, 0.1) is 41.4 Å². The molecular formula is C84H133N7O21S. The lowest BCUT2D eigenvalue weighted by atomic mass is 9.81. The van der Waals surface area contributed by atoms with Gasteiger partial charge in [-0.15, -0.1) is 10.1 Å². The first-order valence-electron chi connectivity index (χ1n) is 41.4. The third kappa shape index (κ3) is 44.9. The molecule has 1 aliphatic carbocycles. The fourth-order valence-corrected chi connectivity index (χ4v) is 13.7. The summed E-state index contributed by atoms with van der Waals surface area (Å²) in [5, 5.41) is 5.18. The Kier molecular flexibility index (Phi) is 50.1. The minimum atomic E-state index is -3.75. The summed E-state index contributed by atoms with van der Waals surface area (Å²) in [4.78, 5) is 210. The number of carbonyl (C=O) groups is 17. The van der Waals surface area contributed by atoms with Crippen molar-refractivity contribution >= 4 is 110 Å². The highest BCUT2D eigenvalue weighted by atomic mass is 32.2. The lowest BCUT2D eigenvalue weighted by molar-refractivity contribution is -0.197. The third-order valence-electron chi connectivity index (χ3n) is 19.7. The van der Waals surface area contributed by atoms with E-state index < -0.39 is 57.1 Å². The molecule has 0 bridgehead atoms. The molecule has 29 heteroatoms. The van der Waals surface area contributed by atoms with E-state index in [0.29, 0.717) is 93.3 Å². The average molecular weight is 1610 g/mol. The summed E-state index contributed by atoms with van der Waals surface area (Å²) in [5.74, 6) is -1.53. The first-order chi connectivity index (χ1) is 53.4. The molecule has 3 fully saturated rings. The van der Waals surface area contributed by atoms with Gasteiger partial charge >= 0.3 is 11.9 Å². The lowest BCUT2D eigenvalue weighted by Crippen LogP contribution is -2.38. The topological polar surface area (TPSA) is 383 Å². The third-order valence-corrected chi connectivity index (χ3v) is 21.1. The zero-order chi connectivity index (χ0) is 84.6. The summed E-state index contributed by atoms with van der Waals surface area (Å²) in [5.41, 5.74) is 0. The number of amides is 12. The van der Waals surface area contributed by atoms with Crippen molar-refractivity contribution in [1.29, 1.82) is 0 Å². The number of imide groups is 5. The fourth-order valence-electron chi connectivity index (χ4n) is 12.8. The highest BCUT2D eigenvalue weighted by Gasteiger charge is 2.47. The normalized spacial score (nSPS) is 17.3. The van der Waals surface area contributed by atoms with Crippen LogP contribution in [0.5, 0.6) is 0 Å². The molecule has 0 radical (unpaired) electrons. The summed E-state index contributed by atoms with van der Waals surface area (Å²) in [7, 11) is -3.75. The Labute approximate surface area is 670 Å². The van der Waals surface area contributed by atoms with E-state index in [1.165, 1.54) is 67.0 Å². The van der Waals surface area contributed by atoms with E-state index in [4.69, 9.17) is 9.68 Å². The van der Waals surface area contributed by atoms with E-state index in [1.807, 2.05) is 0 Å². The van der Waals surface area contributed by atoms with Gasteiger partial charge in [0.1, 0.15) is 17.3 Å². The smallest absolute Gasteiger partial charge is 0.333 e. The van der Waals surface area contributed by atoms with Gasteiger partial charge in [-0.25, -0.2) is 18.0 Å². The fraction of sp³-hybridized carbons (Fsp3) is 0.726. The summed E-state index contributed by atoms with van der Waals surface area (Å²) >= 11 is 0. The van der Waals surface area contributed by atoms with Crippen LogP contribution in [0.25, 0.3) is 0 Å². The van der Waals surface area contributed by atoms with E-state index in [2.05, 4.69) is 79.9 Å². The first-order valence-corrected chi connectivity index (χ1v) is 43.4. The second-order valence-electron chi connectivity index (χ2n) is 32.3. The number of sulfone groups is 1. The molecule has 28 nitrogen and oxygen atoms in total. The maximum Gasteiger partial charge on any atom is 0.333 e. The van der Waals surface area contributed by atoms with Gasteiger partial charge in [-0.3, -0.25) is 86.6 Å². The molecule has 0 spiro atoms. The zero-order valence-electron chi connectivity index (χ0n) is 69.5. The van der Waals surface area contributed by atoms with Crippen LogP contribution in [0.4, 0.5) is 0 Å². The summed E-state index contributed by atoms with van der Waals surface area (Å²) in [6.07, 6.45) is 35.0. The van der Waals surface area contributed by atoms with Crippen molar-refractivity contribution in [2.24, 2.45) is 41.4 Å². The van der Waals surface area contributed by atoms with Gasteiger partial charge in [-0.1, -0.05) is 153 Å². The quantitative estimate of drug-likeness (QED) is 0.0422. The number of hydroxylamine groups is 4. The SMILES string of the molecule is CC(C)CCCCCC(=O)CCCC(=O)ON1C(=O)CC(S(C)(=O)=O)C1=O.CC(C)CCCCCC(=O)CCCC(=O)ON1C(=O)CCC1=O.CC(C)CCCCCC(=O)CCN1C(=O)C=CC1=O.CC(C)CCCCNC(=O)C1CCC(CN2C(=O)C=CC2=O)CC1.CC(C)CCCCNC(=O)CCCN1C(=O)C=CC1=O. The van der Waals surface area contributed by atoms with E-state index in [9.17, 15) is 89.9 Å². The summed E-state index contributed by atoms with van der Waals surface area (Å²) in [6, 6.07) is 0. The van der Waals surface area contributed by atoms with Gasteiger partial charge < -0.3 is 20.3 Å². The predicted octanol–water partition coefficient (Wildman–Crippen LogP) is 11.7. The summed E-state index contributed by atoms with van der Waals surface area (Å²) < 4.78 is 22.9. The molecule has 6 aliphatic rings. The number of rotatable bonds is 49. The number of hydrogen-bond donors (Lipinski definition) is 2.